The van der Waals surface area contributed by atoms with Crippen LogP contribution in [-0.4, -0.2) is 37.0 Å². The first kappa shape index (κ1) is 14.9. The minimum Gasteiger partial charge on any atom is -0.368 e. The monoisotopic (exact) mass is 318 g/mol. The number of anilines is 1. The summed E-state index contributed by atoms with van der Waals surface area (Å²) in [6.45, 7) is 2.61. The van der Waals surface area contributed by atoms with Crippen LogP contribution in [-0.2, 0) is 0 Å². The highest BCUT2D eigenvalue weighted by Crippen LogP contribution is 2.19. The predicted octanol–water partition coefficient (Wildman–Crippen LogP) is 3.44. The van der Waals surface area contributed by atoms with Gasteiger partial charge in [0.15, 0.2) is 0 Å². The van der Waals surface area contributed by atoms with Crippen LogP contribution in [0.5, 0.6) is 0 Å². The van der Waals surface area contributed by atoms with Crippen molar-refractivity contribution >= 4 is 23.2 Å². The van der Waals surface area contributed by atoms with Gasteiger partial charge in [-0.05, 0) is 30.3 Å². The molecule has 0 unspecified atom stereocenters. The molecule has 3 rings (SSSR count). The van der Waals surface area contributed by atoms with Gasteiger partial charge in [-0.15, -0.1) is 0 Å². The number of nitrogens with zero attached hydrogens (tertiary/aromatic N) is 2. The molecule has 0 spiro atoms. The number of hydrogen-bond donors (Lipinski definition) is 0. The van der Waals surface area contributed by atoms with E-state index in [9.17, 15) is 9.18 Å². The topological polar surface area (TPSA) is 23.6 Å². The second-order valence-electron chi connectivity index (χ2n) is 5.24. The lowest BCUT2D eigenvalue weighted by Gasteiger charge is -2.36. The van der Waals surface area contributed by atoms with Gasteiger partial charge in [-0.25, -0.2) is 4.39 Å². The number of amides is 1. The minimum atomic E-state index is -0.528. The average molecular weight is 319 g/mol. The van der Waals surface area contributed by atoms with E-state index in [1.165, 1.54) is 18.2 Å². The van der Waals surface area contributed by atoms with Crippen molar-refractivity contribution in [2.24, 2.45) is 0 Å². The Bertz CT molecular complexity index is 670. The van der Waals surface area contributed by atoms with Crippen LogP contribution in [0.4, 0.5) is 10.1 Å². The molecule has 0 saturated carbocycles. The van der Waals surface area contributed by atoms with Gasteiger partial charge in [0.2, 0.25) is 0 Å². The van der Waals surface area contributed by atoms with E-state index in [0.717, 1.165) is 18.8 Å². The summed E-state index contributed by atoms with van der Waals surface area (Å²) in [5.41, 5.74) is 1.18. The van der Waals surface area contributed by atoms with Crippen molar-refractivity contribution in [3.8, 4) is 0 Å². The Labute approximate surface area is 133 Å². The van der Waals surface area contributed by atoms with Gasteiger partial charge in [0, 0.05) is 36.9 Å². The highest BCUT2D eigenvalue weighted by atomic mass is 35.5. The number of halogens is 2. The summed E-state index contributed by atoms with van der Waals surface area (Å²) in [7, 11) is 0. The lowest BCUT2D eigenvalue weighted by Crippen LogP contribution is -2.49. The average Bonchev–Trinajstić information content (AvgIpc) is 2.57. The highest BCUT2D eigenvalue weighted by molar-refractivity contribution is 6.31. The van der Waals surface area contributed by atoms with Gasteiger partial charge in [-0.2, -0.15) is 0 Å². The van der Waals surface area contributed by atoms with E-state index < -0.39 is 5.82 Å². The molecule has 0 radical (unpaired) electrons. The molecule has 1 fully saturated rings. The molecule has 0 bridgehead atoms. The molecule has 2 aromatic rings. The van der Waals surface area contributed by atoms with Crippen molar-refractivity contribution in [3.05, 3.63) is 64.9 Å². The summed E-state index contributed by atoms with van der Waals surface area (Å²) in [5, 5.41) is 0.368. The zero-order valence-electron chi connectivity index (χ0n) is 12.0. The minimum absolute atomic E-state index is 0.0423. The maximum absolute atomic E-state index is 13.8. The Hall–Kier alpha value is -2.07. The van der Waals surface area contributed by atoms with Crippen LogP contribution >= 0.6 is 11.6 Å². The van der Waals surface area contributed by atoms with Crippen LogP contribution < -0.4 is 4.90 Å². The first-order valence-corrected chi connectivity index (χ1v) is 7.57. The third-order valence-electron chi connectivity index (χ3n) is 3.85. The Morgan fingerprint density at radius 1 is 1.00 bits per heavy atom. The van der Waals surface area contributed by atoms with Crippen LogP contribution in [0.25, 0.3) is 0 Å². The molecule has 1 saturated heterocycles. The summed E-state index contributed by atoms with van der Waals surface area (Å²) in [5.74, 6) is -0.826. The second-order valence-corrected chi connectivity index (χ2v) is 5.68. The smallest absolute Gasteiger partial charge is 0.257 e. The molecular weight excluding hydrogens is 303 g/mol. The first-order valence-electron chi connectivity index (χ1n) is 7.19. The van der Waals surface area contributed by atoms with E-state index in [1.807, 2.05) is 30.3 Å². The summed E-state index contributed by atoms with van der Waals surface area (Å²) in [6, 6.07) is 14.1. The van der Waals surface area contributed by atoms with E-state index in [2.05, 4.69) is 4.90 Å². The Kier molecular flexibility index (Phi) is 4.29. The first-order chi connectivity index (χ1) is 10.6. The summed E-state index contributed by atoms with van der Waals surface area (Å²) in [4.78, 5) is 16.3. The molecule has 5 heteroatoms. The lowest BCUT2D eigenvalue weighted by molar-refractivity contribution is 0.0742. The van der Waals surface area contributed by atoms with Crippen molar-refractivity contribution in [2.75, 3.05) is 31.1 Å². The second kappa shape index (κ2) is 6.36. The molecule has 114 valence electrons. The molecule has 0 N–H and O–H groups in total. The number of piperazine rings is 1. The van der Waals surface area contributed by atoms with E-state index in [0.29, 0.717) is 18.1 Å². The van der Waals surface area contributed by atoms with E-state index in [4.69, 9.17) is 11.6 Å². The fourth-order valence-corrected chi connectivity index (χ4v) is 2.81. The van der Waals surface area contributed by atoms with Crippen molar-refractivity contribution in [3.63, 3.8) is 0 Å². The number of rotatable bonds is 2. The molecule has 1 aliphatic rings. The maximum Gasteiger partial charge on any atom is 0.257 e. The molecule has 0 aliphatic carbocycles. The van der Waals surface area contributed by atoms with Crippen LogP contribution in [0, 0.1) is 5.82 Å². The summed E-state index contributed by atoms with van der Waals surface area (Å²) in [6.07, 6.45) is 0. The van der Waals surface area contributed by atoms with Gasteiger partial charge in [-0.1, -0.05) is 29.8 Å². The van der Waals surface area contributed by atoms with Gasteiger partial charge < -0.3 is 9.80 Å². The molecule has 0 aromatic heterocycles. The van der Waals surface area contributed by atoms with Gasteiger partial charge in [0.1, 0.15) is 5.82 Å². The number of carbonyl (C=O) groups excluding carboxylic acids is 1. The Morgan fingerprint density at radius 3 is 2.36 bits per heavy atom. The number of carbonyl (C=O) groups is 1. The maximum atomic E-state index is 13.8. The fraction of sp³-hybridized carbons (Fsp3) is 0.235. The van der Waals surface area contributed by atoms with Crippen molar-refractivity contribution in [1.82, 2.24) is 4.90 Å². The molecule has 1 amide bonds. The van der Waals surface area contributed by atoms with Crippen molar-refractivity contribution in [1.29, 1.82) is 0 Å². The zero-order chi connectivity index (χ0) is 15.5. The van der Waals surface area contributed by atoms with Crippen LogP contribution in [0.2, 0.25) is 5.02 Å². The van der Waals surface area contributed by atoms with E-state index >= 15 is 0 Å². The highest BCUT2D eigenvalue weighted by Gasteiger charge is 2.24. The third kappa shape index (κ3) is 3.07. The van der Waals surface area contributed by atoms with E-state index in [-0.39, 0.29) is 11.5 Å². The lowest BCUT2D eigenvalue weighted by atomic mass is 10.1. The fourth-order valence-electron chi connectivity index (χ4n) is 2.64. The molecule has 1 heterocycles. The van der Waals surface area contributed by atoms with Gasteiger partial charge in [0.05, 0.1) is 5.56 Å². The molecule has 2 aromatic carbocycles. The molecule has 1 aliphatic heterocycles. The standard InChI is InChI=1S/C17H16ClFN2O/c18-13-6-7-16(19)15(12-13)17(22)21-10-8-20(9-11-21)14-4-2-1-3-5-14/h1-7,12H,8-11H2. The Morgan fingerprint density at radius 2 is 1.68 bits per heavy atom. The molecule has 22 heavy (non-hydrogen) atoms. The van der Waals surface area contributed by atoms with Crippen molar-refractivity contribution in [2.45, 2.75) is 0 Å². The van der Waals surface area contributed by atoms with Crippen LogP contribution in [0.15, 0.2) is 48.5 Å². The SMILES string of the molecule is O=C(c1cc(Cl)ccc1F)N1CCN(c2ccccc2)CC1. The van der Waals surface area contributed by atoms with Gasteiger partial charge in [0.25, 0.3) is 5.91 Å². The number of benzene rings is 2. The summed E-state index contributed by atoms with van der Waals surface area (Å²) >= 11 is 5.86. The normalized spacial score (nSPS) is 15.0. The summed E-state index contributed by atoms with van der Waals surface area (Å²) < 4.78 is 13.8. The Balaban J connectivity index is 1.68. The van der Waals surface area contributed by atoms with Gasteiger partial charge in [-0.3, -0.25) is 4.79 Å². The number of hydrogen-bond acceptors (Lipinski definition) is 2. The third-order valence-corrected chi connectivity index (χ3v) is 4.08. The van der Waals surface area contributed by atoms with Crippen LogP contribution in [0.1, 0.15) is 10.4 Å². The quantitative estimate of drug-likeness (QED) is 0.847. The van der Waals surface area contributed by atoms with Crippen LogP contribution in [0.3, 0.4) is 0 Å². The largest absolute Gasteiger partial charge is 0.368 e. The predicted molar refractivity (Wildman–Crippen MR) is 86.0 cm³/mol. The van der Waals surface area contributed by atoms with Gasteiger partial charge >= 0.3 is 0 Å². The zero-order valence-corrected chi connectivity index (χ0v) is 12.8. The van der Waals surface area contributed by atoms with E-state index in [1.54, 1.807) is 4.90 Å². The number of para-hydroxylation sites is 1. The van der Waals surface area contributed by atoms with Crippen molar-refractivity contribution < 1.29 is 9.18 Å². The molecule has 0 atom stereocenters. The molecular formula is C17H16ClFN2O. The molecule has 3 nitrogen and oxygen atoms in total.